The Kier molecular flexibility index (Phi) is 4.21. The van der Waals surface area contributed by atoms with Gasteiger partial charge in [0.05, 0.1) is 13.2 Å². The van der Waals surface area contributed by atoms with Gasteiger partial charge in [0.1, 0.15) is 0 Å². The Morgan fingerprint density at radius 3 is 2.75 bits per heavy atom. The molecule has 1 heterocycles. The monoisotopic (exact) mass is 241 g/mol. The second-order valence-corrected chi connectivity index (χ2v) is 5.44. The van der Waals surface area contributed by atoms with Crippen molar-refractivity contribution >= 4 is 11.3 Å². The van der Waals surface area contributed by atoms with Crippen LogP contribution in [0.15, 0.2) is 12.1 Å². The molecule has 0 radical (unpaired) electrons. The lowest BCUT2D eigenvalue weighted by Crippen LogP contribution is -2.33. The van der Waals surface area contributed by atoms with Gasteiger partial charge in [-0.1, -0.05) is 0 Å². The minimum absolute atomic E-state index is 0.0696. The molecule has 0 bridgehead atoms. The van der Waals surface area contributed by atoms with Crippen molar-refractivity contribution in [2.24, 2.45) is 0 Å². The van der Waals surface area contributed by atoms with Gasteiger partial charge in [0.25, 0.3) is 0 Å². The van der Waals surface area contributed by atoms with Crippen LogP contribution in [0.5, 0.6) is 5.06 Å². The number of hydrogen-bond donors (Lipinski definition) is 2. The number of thiophene rings is 1. The van der Waals surface area contributed by atoms with E-state index in [2.05, 4.69) is 11.4 Å². The molecule has 1 aromatic heterocycles. The Morgan fingerprint density at radius 2 is 2.12 bits per heavy atom. The molecular formula is C12H19NO2S. The van der Waals surface area contributed by atoms with E-state index >= 15 is 0 Å². The first-order valence-electron chi connectivity index (χ1n) is 5.82. The molecule has 0 spiro atoms. The largest absolute Gasteiger partial charge is 0.487 e. The van der Waals surface area contributed by atoms with Crippen molar-refractivity contribution in [1.82, 2.24) is 5.32 Å². The summed E-state index contributed by atoms with van der Waals surface area (Å²) >= 11 is 1.69. The summed E-state index contributed by atoms with van der Waals surface area (Å²) in [5, 5.41) is 13.9. The smallest absolute Gasteiger partial charge is 0.173 e. The summed E-state index contributed by atoms with van der Waals surface area (Å²) in [5.41, 5.74) is 0. The van der Waals surface area contributed by atoms with E-state index in [-0.39, 0.29) is 6.10 Å². The third-order valence-electron chi connectivity index (χ3n) is 3.10. The van der Waals surface area contributed by atoms with Crippen LogP contribution in [-0.2, 0) is 6.54 Å². The minimum Gasteiger partial charge on any atom is -0.487 e. The number of rotatable bonds is 4. The summed E-state index contributed by atoms with van der Waals surface area (Å²) in [7, 11) is 1.70. The predicted molar refractivity (Wildman–Crippen MR) is 66.0 cm³/mol. The quantitative estimate of drug-likeness (QED) is 0.848. The summed E-state index contributed by atoms with van der Waals surface area (Å²) in [5.74, 6) is 0. The standard InChI is InChI=1S/C12H19NO2S/c1-15-12-7-6-11(16-12)8-13-9-2-4-10(14)5-3-9/h6-7,9-10,13-14H,2-5,8H2,1H3. The molecule has 0 unspecified atom stereocenters. The lowest BCUT2D eigenvalue weighted by molar-refractivity contribution is 0.116. The Hall–Kier alpha value is -0.580. The maximum atomic E-state index is 9.41. The zero-order chi connectivity index (χ0) is 11.4. The number of methoxy groups -OCH3 is 1. The van der Waals surface area contributed by atoms with Crippen molar-refractivity contribution < 1.29 is 9.84 Å². The first-order chi connectivity index (χ1) is 7.78. The fourth-order valence-corrected chi connectivity index (χ4v) is 2.86. The van der Waals surface area contributed by atoms with Gasteiger partial charge in [0.2, 0.25) is 0 Å². The van der Waals surface area contributed by atoms with E-state index in [4.69, 9.17) is 4.74 Å². The van der Waals surface area contributed by atoms with E-state index in [1.54, 1.807) is 18.4 Å². The highest BCUT2D eigenvalue weighted by molar-refractivity contribution is 7.13. The topological polar surface area (TPSA) is 41.5 Å². The second kappa shape index (κ2) is 5.66. The van der Waals surface area contributed by atoms with Gasteiger partial charge in [-0.15, -0.1) is 11.3 Å². The van der Waals surface area contributed by atoms with Crippen LogP contribution in [0.4, 0.5) is 0 Å². The minimum atomic E-state index is -0.0696. The molecule has 0 aromatic carbocycles. The van der Waals surface area contributed by atoms with Crippen molar-refractivity contribution in [3.05, 3.63) is 17.0 Å². The van der Waals surface area contributed by atoms with Crippen LogP contribution in [0, 0.1) is 0 Å². The van der Waals surface area contributed by atoms with Gasteiger partial charge in [-0.05, 0) is 37.8 Å². The molecule has 2 rings (SSSR count). The highest BCUT2D eigenvalue weighted by atomic mass is 32.1. The zero-order valence-corrected chi connectivity index (χ0v) is 10.4. The highest BCUT2D eigenvalue weighted by Crippen LogP contribution is 2.24. The molecule has 0 amide bonds. The highest BCUT2D eigenvalue weighted by Gasteiger charge is 2.18. The van der Waals surface area contributed by atoms with Gasteiger partial charge < -0.3 is 15.2 Å². The van der Waals surface area contributed by atoms with E-state index in [9.17, 15) is 5.11 Å². The number of aliphatic hydroxyl groups is 1. The molecule has 4 heteroatoms. The van der Waals surface area contributed by atoms with Crippen LogP contribution in [0.1, 0.15) is 30.6 Å². The molecule has 90 valence electrons. The summed E-state index contributed by atoms with van der Waals surface area (Å²) in [6.45, 7) is 0.911. The summed E-state index contributed by atoms with van der Waals surface area (Å²) < 4.78 is 5.16. The molecule has 0 saturated heterocycles. The molecule has 2 N–H and O–H groups in total. The van der Waals surface area contributed by atoms with Crippen molar-refractivity contribution in [2.75, 3.05) is 7.11 Å². The Labute approximate surface area is 100 Å². The van der Waals surface area contributed by atoms with Crippen molar-refractivity contribution in [2.45, 2.75) is 44.4 Å². The molecule has 1 aliphatic carbocycles. The SMILES string of the molecule is COc1ccc(CNC2CCC(O)CC2)s1. The second-order valence-electron chi connectivity index (χ2n) is 4.31. The maximum absolute atomic E-state index is 9.41. The van der Waals surface area contributed by atoms with Gasteiger partial charge in [-0.25, -0.2) is 0 Å². The van der Waals surface area contributed by atoms with E-state index in [0.717, 1.165) is 37.3 Å². The van der Waals surface area contributed by atoms with Gasteiger partial charge in [-0.3, -0.25) is 0 Å². The van der Waals surface area contributed by atoms with E-state index in [1.807, 2.05) is 6.07 Å². The van der Waals surface area contributed by atoms with Crippen LogP contribution >= 0.6 is 11.3 Å². The summed E-state index contributed by atoms with van der Waals surface area (Å²) in [6.07, 6.45) is 3.98. The lowest BCUT2D eigenvalue weighted by atomic mass is 9.93. The predicted octanol–water partition coefficient (Wildman–Crippen LogP) is 2.15. The van der Waals surface area contributed by atoms with Crippen molar-refractivity contribution in [3.63, 3.8) is 0 Å². The van der Waals surface area contributed by atoms with Crippen LogP contribution in [0.25, 0.3) is 0 Å². The molecule has 1 aliphatic rings. The van der Waals surface area contributed by atoms with Crippen LogP contribution < -0.4 is 10.1 Å². The van der Waals surface area contributed by atoms with Crippen LogP contribution in [-0.4, -0.2) is 24.4 Å². The summed E-state index contributed by atoms with van der Waals surface area (Å²) in [4.78, 5) is 1.31. The van der Waals surface area contributed by atoms with Gasteiger partial charge >= 0.3 is 0 Å². The van der Waals surface area contributed by atoms with E-state index < -0.39 is 0 Å². The number of nitrogens with one attached hydrogen (secondary N) is 1. The Bertz CT molecular complexity index is 319. The van der Waals surface area contributed by atoms with Crippen molar-refractivity contribution in [3.8, 4) is 5.06 Å². The summed E-state index contributed by atoms with van der Waals surface area (Å²) in [6, 6.07) is 4.68. The first kappa shape index (κ1) is 11.9. The third-order valence-corrected chi connectivity index (χ3v) is 4.15. The molecule has 0 atom stereocenters. The number of hydrogen-bond acceptors (Lipinski definition) is 4. The van der Waals surface area contributed by atoms with Crippen LogP contribution in [0.3, 0.4) is 0 Å². The first-order valence-corrected chi connectivity index (χ1v) is 6.63. The number of aliphatic hydroxyl groups excluding tert-OH is 1. The molecular weight excluding hydrogens is 222 g/mol. The molecule has 16 heavy (non-hydrogen) atoms. The van der Waals surface area contributed by atoms with Crippen LogP contribution in [0.2, 0.25) is 0 Å². The molecule has 1 saturated carbocycles. The lowest BCUT2D eigenvalue weighted by Gasteiger charge is -2.26. The van der Waals surface area contributed by atoms with Gasteiger partial charge in [0.15, 0.2) is 5.06 Å². The zero-order valence-electron chi connectivity index (χ0n) is 9.61. The van der Waals surface area contributed by atoms with E-state index in [1.165, 1.54) is 4.88 Å². The van der Waals surface area contributed by atoms with Gasteiger partial charge in [0, 0.05) is 17.5 Å². The van der Waals surface area contributed by atoms with Crippen molar-refractivity contribution in [1.29, 1.82) is 0 Å². The molecule has 1 fully saturated rings. The Balaban J connectivity index is 1.74. The third kappa shape index (κ3) is 3.20. The molecule has 3 nitrogen and oxygen atoms in total. The maximum Gasteiger partial charge on any atom is 0.173 e. The molecule has 0 aliphatic heterocycles. The normalized spacial score (nSPS) is 25.6. The van der Waals surface area contributed by atoms with Gasteiger partial charge in [-0.2, -0.15) is 0 Å². The average Bonchev–Trinajstić information content (AvgIpc) is 2.76. The fraction of sp³-hybridized carbons (Fsp3) is 0.667. The Morgan fingerprint density at radius 1 is 1.38 bits per heavy atom. The van der Waals surface area contributed by atoms with E-state index in [0.29, 0.717) is 6.04 Å². The fourth-order valence-electron chi connectivity index (χ4n) is 2.09. The molecule has 1 aromatic rings. The number of ether oxygens (including phenoxy) is 1. The average molecular weight is 241 g/mol.